The van der Waals surface area contributed by atoms with Crippen molar-refractivity contribution in [2.45, 2.75) is 43.1 Å². The Bertz CT molecular complexity index is 443. The largest absolute Gasteiger partial charge is 0.481 e. The van der Waals surface area contributed by atoms with Gasteiger partial charge in [-0.15, -0.1) is 0 Å². The SMILES string of the molecule is O=C(O)CCOCCC(F)(F)C(F)(F)OC(F)(C(F)(F)F)C(F)(F)F. The summed E-state index contributed by atoms with van der Waals surface area (Å²) in [5.74, 6) is -14.2. The molecule has 0 saturated heterocycles. The highest BCUT2D eigenvalue weighted by atomic mass is 19.4. The van der Waals surface area contributed by atoms with Gasteiger partial charge in [-0.25, -0.2) is 0 Å². The fourth-order valence-corrected chi connectivity index (χ4v) is 1.14. The Morgan fingerprint density at radius 2 is 1.24 bits per heavy atom. The van der Waals surface area contributed by atoms with E-state index >= 15 is 0 Å². The molecule has 0 saturated carbocycles. The second kappa shape index (κ2) is 7.47. The first-order valence-electron chi connectivity index (χ1n) is 5.95. The molecule has 0 bridgehead atoms. The standard InChI is InChI=1S/C10H9F11O4/c11-6(12,2-4-24-3-1-5(22)23)10(20,21)25-7(13,8(14,15)16)9(17,18)19/h1-4H2,(H,22,23). The number of rotatable bonds is 9. The van der Waals surface area contributed by atoms with Gasteiger partial charge in [0, 0.05) is 6.42 Å². The number of hydrogen-bond acceptors (Lipinski definition) is 3. The second-order valence-electron chi connectivity index (χ2n) is 4.42. The molecule has 1 N–H and O–H groups in total. The third-order valence-corrected chi connectivity index (χ3v) is 2.44. The molecule has 0 aliphatic rings. The van der Waals surface area contributed by atoms with E-state index in [1.807, 2.05) is 4.74 Å². The van der Waals surface area contributed by atoms with Gasteiger partial charge in [0.15, 0.2) is 0 Å². The number of ether oxygens (including phenoxy) is 2. The van der Waals surface area contributed by atoms with Crippen molar-refractivity contribution < 1.29 is 67.7 Å². The molecule has 0 radical (unpaired) electrons. The van der Waals surface area contributed by atoms with Crippen molar-refractivity contribution >= 4 is 5.97 Å². The third kappa shape index (κ3) is 5.83. The summed E-state index contributed by atoms with van der Waals surface area (Å²) in [6.07, 6.45) is -23.7. The molecule has 4 nitrogen and oxygen atoms in total. The fraction of sp³-hybridized carbons (Fsp3) is 0.900. The van der Waals surface area contributed by atoms with Gasteiger partial charge >= 0.3 is 36.2 Å². The van der Waals surface area contributed by atoms with Crippen molar-refractivity contribution in [1.82, 2.24) is 0 Å². The number of carboxylic acid groups (broad SMARTS) is 1. The van der Waals surface area contributed by atoms with Crippen LogP contribution in [0.15, 0.2) is 0 Å². The van der Waals surface area contributed by atoms with Crippen molar-refractivity contribution in [2.75, 3.05) is 13.2 Å². The minimum atomic E-state index is -7.12. The predicted octanol–water partition coefficient (Wildman–Crippen LogP) is 3.90. The smallest absolute Gasteiger partial charge is 0.458 e. The summed E-state index contributed by atoms with van der Waals surface area (Å²) in [6.45, 7) is -2.13. The molecule has 0 unspecified atom stereocenters. The Balaban J connectivity index is 5.15. The lowest BCUT2D eigenvalue weighted by molar-refractivity contribution is -0.503. The lowest BCUT2D eigenvalue weighted by Gasteiger charge is -2.35. The molecule has 0 aliphatic heterocycles. The monoisotopic (exact) mass is 402 g/mol. The predicted molar refractivity (Wildman–Crippen MR) is 54.6 cm³/mol. The molecule has 0 amide bonds. The van der Waals surface area contributed by atoms with Crippen LogP contribution in [0.4, 0.5) is 48.3 Å². The Morgan fingerprint density at radius 1 is 0.800 bits per heavy atom. The number of hydrogen-bond donors (Lipinski definition) is 1. The summed E-state index contributed by atoms with van der Waals surface area (Å²) in [7, 11) is 0. The number of alkyl halides is 11. The fourth-order valence-electron chi connectivity index (χ4n) is 1.14. The van der Waals surface area contributed by atoms with Crippen LogP contribution in [0.5, 0.6) is 0 Å². The first-order valence-corrected chi connectivity index (χ1v) is 5.95. The number of carbonyl (C=O) groups is 1. The number of carboxylic acids is 1. The van der Waals surface area contributed by atoms with E-state index in [1.165, 1.54) is 0 Å². The number of halogens is 11. The maximum atomic E-state index is 13.1. The van der Waals surface area contributed by atoms with Crippen LogP contribution in [0.3, 0.4) is 0 Å². The van der Waals surface area contributed by atoms with Crippen LogP contribution in [-0.4, -0.2) is 54.5 Å². The van der Waals surface area contributed by atoms with E-state index in [-0.39, 0.29) is 0 Å². The maximum Gasteiger partial charge on any atom is 0.458 e. The minimum absolute atomic E-state index is 0.742. The molecule has 0 rings (SSSR count). The highest BCUT2D eigenvalue weighted by Gasteiger charge is 2.79. The van der Waals surface area contributed by atoms with Crippen LogP contribution in [0.25, 0.3) is 0 Å². The van der Waals surface area contributed by atoms with E-state index in [0.717, 1.165) is 0 Å². The Labute approximate surface area is 131 Å². The summed E-state index contributed by atoms with van der Waals surface area (Å²) >= 11 is 0. The molecular weight excluding hydrogens is 393 g/mol. The van der Waals surface area contributed by atoms with E-state index in [4.69, 9.17) is 5.11 Å². The summed E-state index contributed by atoms with van der Waals surface area (Å²) in [5, 5.41) is 8.16. The van der Waals surface area contributed by atoms with Crippen LogP contribution in [0.1, 0.15) is 12.8 Å². The normalized spacial score (nSPS) is 14.7. The lowest BCUT2D eigenvalue weighted by atomic mass is 10.2. The van der Waals surface area contributed by atoms with Gasteiger partial charge in [0.1, 0.15) is 0 Å². The summed E-state index contributed by atoms with van der Waals surface area (Å²) in [4.78, 5) is 10.0. The van der Waals surface area contributed by atoms with Gasteiger partial charge in [-0.2, -0.15) is 48.3 Å². The average Bonchev–Trinajstić information content (AvgIpc) is 2.34. The molecule has 0 aliphatic carbocycles. The van der Waals surface area contributed by atoms with Crippen molar-refractivity contribution in [3.05, 3.63) is 0 Å². The molecule has 150 valence electrons. The Morgan fingerprint density at radius 3 is 1.60 bits per heavy atom. The second-order valence-corrected chi connectivity index (χ2v) is 4.42. The van der Waals surface area contributed by atoms with Crippen LogP contribution in [0.2, 0.25) is 0 Å². The van der Waals surface area contributed by atoms with Gasteiger partial charge in [-0.05, 0) is 0 Å². The molecule has 0 aromatic heterocycles. The zero-order chi connectivity index (χ0) is 20.3. The molecule has 0 aromatic carbocycles. The lowest BCUT2D eigenvalue weighted by Crippen LogP contribution is -2.61. The molecule has 0 heterocycles. The van der Waals surface area contributed by atoms with Crippen molar-refractivity contribution in [3.63, 3.8) is 0 Å². The van der Waals surface area contributed by atoms with Crippen molar-refractivity contribution in [2.24, 2.45) is 0 Å². The van der Waals surface area contributed by atoms with Gasteiger partial charge < -0.3 is 9.84 Å². The van der Waals surface area contributed by atoms with Crippen LogP contribution in [0, 0.1) is 0 Å². The molecule has 0 aromatic rings. The summed E-state index contributed by atoms with van der Waals surface area (Å²) < 4.78 is 144. The maximum absolute atomic E-state index is 13.1. The van der Waals surface area contributed by atoms with E-state index in [0.29, 0.717) is 0 Å². The first-order chi connectivity index (χ1) is 10.9. The average molecular weight is 402 g/mol. The minimum Gasteiger partial charge on any atom is -0.481 e. The van der Waals surface area contributed by atoms with Crippen LogP contribution < -0.4 is 0 Å². The Hall–Kier alpha value is -1.38. The van der Waals surface area contributed by atoms with Gasteiger partial charge in [0.25, 0.3) is 0 Å². The highest BCUT2D eigenvalue weighted by molar-refractivity contribution is 5.66. The molecular formula is C10H9F11O4. The van der Waals surface area contributed by atoms with Gasteiger partial charge in [-0.1, -0.05) is 0 Å². The molecule has 0 spiro atoms. The van der Waals surface area contributed by atoms with Gasteiger partial charge in [0.05, 0.1) is 19.6 Å². The zero-order valence-corrected chi connectivity index (χ0v) is 11.7. The Kier molecular flexibility index (Phi) is 7.06. The molecule has 25 heavy (non-hydrogen) atoms. The number of aliphatic carboxylic acids is 1. The molecule has 0 fully saturated rings. The molecule has 0 atom stereocenters. The van der Waals surface area contributed by atoms with E-state index < -0.39 is 62.3 Å². The van der Waals surface area contributed by atoms with Gasteiger partial charge in [-0.3, -0.25) is 9.53 Å². The first kappa shape index (κ1) is 23.6. The third-order valence-electron chi connectivity index (χ3n) is 2.44. The quantitative estimate of drug-likeness (QED) is 0.470. The van der Waals surface area contributed by atoms with E-state index in [1.54, 1.807) is 0 Å². The summed E-state index contributed by atoms with van der Waals surface area (Å²) in [6, 6.07) is 0. The van der Waals surface area contributed by atoms with Crippen molar-refractivity contribution in [3.8, 4) is 0 Å². The van der Waals surface area contributed by atoms with E-state index in [2.05, 4.69) is 4.74 Å². The van der Waals surface area contributed by atoms with Gasteiger partial charge in [0.2, 0.25) is 0 Å². The van der Waals surface area contributed by atoms with E-state index in [9.17, 15) is 53.1 Å². The van der Waals surface area contributed by atoms with Crippen LogP contribution >= 0.6 is 0 Å². The summed E-state index contributed by atoms with van der Waals surface area (Å²) in [5.41, 5.74) is 0. The molecule has 15 heteroatoms. The topological polar surface area (TPSA) is 55.8 Å². The van der Waals surface area contributed by atoms with Crippen molar-refractivity contribution in [1.29, 1.82) is 0 Å². The zero-order valence-electron chi connectivity index (χ0n) is 11.7. The van der Waals surface area contributed by atoms with Crippen LogP contribution in [-0.2, 0) is 14.3 Å². The highest BCUT2D eigenvalue weighted by Crippen LogP contribution is 2.52.